The van der Waals surface area contributed by atoms with Gasteiger partial charge in [0.15, 0.2) is 0 Å². The minimum atomic E-state index is -0.239. The molecular formula is C20H41NO2. The summed E-state index contributed by atoms with van der Waals surface area (Å²) in [7, 11) is 0. The molecular weight excluding hydrogens is 286 g/mol. The summed E-state index contributed by atoms with van der Waals surface area (Å²) in [5, 5.41) is 2.83. The number of hydrogen-bond donors (Lipinski definition) is 1. The lowest BCUT2D eigenvalue weighted by atomic mass is 10.1. The zero-order chi connectivity index (χ0) is 17.0. The molecule has 0 saturated carbocycles. The van der Waals surface area contributed by atoms with E-state index >= 15 is 0 Å². The molecule has 0 aromatic heterocycles. The quantitative estimate of drug-likeness (QED) is 0.305. The molecule has 0 fully saturated rings. The highest BCUT2D eigenvalue weighted by Crippen LogP contribution is 2.10. The van der Waals surface area contributed by atoms with Crippen LogP contribution in [0.15, 0.2) is 0 Å². The topological polar surface area (TPSA) is 38.3 Å². The molecule has 0 aliphatic heterocycles. The number of carbonyl (C=O) groups is 1. The van der Waals surface area contributed by atoms with Gasteiger partial charge in [0.05, 0.1) is 6.61 Å². The maximum absolute atomic E-state index is 11.5. The fraction of sp³-hybridized carbons (Fsp3) is 0.950. The first-order valence-electron chi connectivity index (χ1n) is 10.2. The number of rotatable bonds is 17. The molecule has 138 valence electrons. The maximum Gasteiger partial charge on any atom is 0.407 e. The smallest absolute Gasteiger partial charge is 0.407 e. The fourth-order valence-corrected chi connectivity index (χ4v) is 2.72. The van der Waals surface area contributed by atoms with E-state index in [0.29, 0.717) is 6.61 Å². The monoisotopic (exact) mass is 327 g/mol. The average Bonchev–Trinajstić information content (AvgIpc) is 2.56. The van der Waals surface area contributed by atoms with E-state index in [-0.39, 0.29) is 6.09 Å². The Morgan fingerprint density at radius 1 is 0.652 bits per heavy atom. The van der Waals surface area contributed by atoms with Crippen molar-refractivity contribution in [2.24, 2.45) is 0 Å². The van der Waals surface area contributed by atoms with Crippen LogP contribution in [0.3, 0.4) is 0 Å². The van der Waals surface area contributed by atoms with Gasteiger partial charge in [0, 0.05) is 6.54 Å². The first-order chi connectivity index (χ1) is 11.3. The van der Waals surface area contributed by atoms with Gasteiger partial charge in [-0.25, -0.2) is 4.79 Å². The summed E-state index contributed by atoms with van der Waals surface area (Å²) in [6, 6.07) is 0. The van der Waals surface area contributed by atoms with Crippen molar-refractivity contribution in [3.8, 4) is 0 Å². The van der Waals surface area contributed by atoms with Gasteiger partial charge in [-0.1, -0.05) is 97.3 Å². The van der Waals surface area contributed by atoms with E-state index in [1.165, 1.54) is 83.5 Å². The van der Waals surface area contributed by atoms with Crippen molar-refractivity contribution in [1.82, 2.24) is 5.32 Å². The summed E-state index contributed by atoms with van der Waals surface area (Å²) in [6.45, 7) is 5.79. The lowest BCUT2D eigenvalue weighted by Crippen LogP contribution is -2.25. The third-order valence-electron chi connectivity index (χ3n) is 4.28. The van der Waals surface area contributed by atoms with Gasteiger partial charge < -0.3 is 10.1 Å². The zero-order valence-corrected chi connectivity index (χ0v) is 15.8. The van der Waals surface area contributed by atoms with Crippen LogP contribution >= 0.6 is 0 Å². The molecule has 0 bridgehead atoms. The largest absolute Gasteiger partial charge is 0.450 e. The summed E-state index contributed by atoms with van der Waals surface area (Å²) < 4.78 is 5.19. The van der Waals surface area contributed by atoms with Gasteiger partial charge in [-0.3, -0.25) is 0 Å². The van der Waals surface area contributed by atoms with Crippen molar-refractivity contribution in [2.45, 2.75) is 110 Å². The lowest BCUT2D eigenvalue weighted by molar-refractivity contribution is 0.143. The highest BCUT2D eigenvalue weighted by atomic mass is 16.5. The molecule has 0 aliphatic rings. The van der Waals surface area contributed by atoms with Gasteiger partial charge in [-0.15, -0.1) is 0 Å². The van der Waals surface area contributed by atoms with Gasteiger partial charge in [-0.05, 0) is 12.8 Å². The molecule has 0 aromatic rings. The lowest BCUT2D eigenvalue weighted by Gasteiger charge is -2.07. The molecule has 3 nitrogen and oxygen atoms in total. The molecule has 0 saturated heterocycles. The van der Waals surface area contributed by atoms with Crippen LogP contribution in [-0.4, -0.2) is 19.2 Å². The first kappa shape index (κ1) is 22.3. The van der Waals surface area contributed by atoms with Gasteiger partial charge in [0.1, 0.15) is 0 Å². The summed E-state index contributed by atoms with van der Waals surface area (Å²) in [6.07, 6.45) is 18.9. The number of ether oxygens (including phenoxy) is 1. The third-order valence-corrected chi connectivity index (χ3v) is 4.28. The molecule has 0 aliphatic carbocycles. The average molecular weight is 328 g/mol. The number of carbonyl (C=O) groups excluding carboxylic acids is 1. The second-order valence-electron chi connectivity index (χ2n) is 6.66. The second-order valence-corrected chi connectivity index (χ2v) is 6.66. The molecule has 0 spiro atoms. The number of amides is 1. The second kappa shape index (κ2) is 19.3. The molecule has 0 radical (unpaired) electrons. The maximum atomic E-state index is 11.5. The molecule has 23 heavy (non-hydrogen) atoms. The number of nitrogens with one attached hydrogen (secondary N) is 1. The molecule has 0 heterocycles. The predicted octanol–water partition coefficient (Wildman–Crippen LogP) is 6.60. The van der Waals surface area contributed by atoms with Crippen molar-refractivity contribution in [3.05, 3.63) is 0 Å². The third kappa shape index (κ3) is 19.2. The van der Waals surface area contributed by atoms with E-state index in [1.54, 1.807) is 0 Å². The molecule has 0 aromatic carbocycles. The normalized spacial score (nSPS) is 10.7. The Hall–Kier alpha value is -0.730. The van der Waals surface area contributed by atoms with Crippen LogP contribution in [0.25, 0.3) is 0 Å². The Bertz CT molecular complexity index is 244. The summed E-state index contributed by atoms with van der Waals surface area (Å²) >= 11 is 0. The standard InChI is InChI=1S/C20H41NO2/c1-3-5-7-9-10-11-12-13-15-17-19-23-20(22)21-18-16-14-8-6-4-2/h3-19H2,1-2H3,(H,21,22). The summed E-state index contributed by atoms with van der Waals surface area (Å²) in [4.78, 5) is 11.5. The SMILES string of the molecule is CCCCCCCCCCCCOC(=O)NCCCCCCC. The number of alkyl carbamates (subject to hydrolysis) is 1. The highest BCUT2D eigenvalue weighted by molar-refractivity contribution is 5.66. The van der Waals surface area contributed by atoms with Gasteiger partial charge >= 0.3 is 6.09 Å². The molecule has 1 amide bonds. The Labute approximate surface area is 144 Å². The predicted molar refractivity (Wildman–Crippen MR) is 100.0 cm³/mol. The highest BCUT2D eigenvalue weighted by Gasteiger charge is 2.00. The molecule has 0 unspecified atom stereocenters. The van der Waals surface area contributed by atoms with Crippen LogP contribution in [0.5, 0.6) is 0 Å². The summed E-state index contributed by atoms with van der Waals surface area (Å²) in [5.74, 6) is 0. The minimum absolute atomic E-state index is 0.239. The molecule has 1 N–H and O–H groups in total. The van der Waals surface area contributed by atoms with E-state index < -0.39 is 0 Å². The Kier molecular flexibility index (Phi) is 18.7. The Morgan fingerprint density at radius 3 is 1.61 bits per heavy atom. The van der Waals surface area contributed by atoms with E-state index in [4.69, 9.17) is 4.74 Å². The van der Waals surface area contributed by atoms with Crippen molar-refractivity contribution >= 4 is 6.09 Å². The van der Waals surface area contributed by atoms with Crippen LogP contribution in [-0.2, 0) is 4.74 Å². The van der Waals surface area contributed by atoms with E-state index in [2.05, 4.69) is 19.2 Å². The van der Waals surface area contributed by atoms with E-state index in [9.17, 15) is 4.79 Å². The van der Waals surface area contributed by atoms with Crippen molar-refractivity contribution in [3.63, 3.8) is 0 Å². The van der Waals surface area contributed by atoms with Crippen molar-refractivity contribution in [1.29, 1.82) is 0 Å². The summed E-state index contributed by atoms with van der Waals surface area (Å²) in [5.41, 5.74) is 0. The molecule has 0 atom stereocenters. The van der Waals surface area contributed by atoms with Crippen molar-refractivity contribution in [2.75, 3.05) is 13.2 Å². The van der Waals surface area contributed by atoms with Crippen LogP contribution in [0, 0.1) is 0 Å². The molecule has 0 rings (SSSR count). The van der Waals surface area contributed by atoms with E-state index in [1.807, 2.05) is 0 Å². The van der Waals surface area contributed by atoms with Gasteiger partial charge in [0.2, 0.25) is 0 Å². The van der Waals surface area contributed by atoms with Gasteiger partial charge in [-0.2, -0.15) is 0 Å². The first-order valence-corrected chi connectivity index (χ1v) is 10.2. The number of unbranched alkanes of at least 4 members (excludes halogenated alkanes) is 13. The molecule has 3 heteroatoms. The zero-order valence-electron chi connectivity index (χ0n) is 15.8. The minimum Gasteiger partial charge on any atom is -0.450 e. The van der Waals surface area contributed by atoms with Crippen LogP contribution in [0.4, 0.5) is 4.79 Å². The van der Waals surface area contributed by atoms with Crippen LogP contribution < -0.4 is 5.32 Å². The van der Waals surface area contributed by atoms with E-state index in [0.717, 1.165) is 19.4 Å². The van der Waals surface area contributed by atoms with Crippen molar-refractivity contribution < 1.29 is 9.53 Å². The number of hydrogen-bond acceptors (Lipinski definition) is 2. The van der Waals surface area contributed by atoms with Gasteiger partial charge in [0.25, 0.3) is 0 Å². The Balaban J connectivity index is 3.11. The van der Waals surface area contributed by atoms with Crippen LogP contribution in [0.1, 0.15) is 110 Å². The van der Waals surface area contributed by atoms with Crippen LogP contribution in [0.2, 0.25) is 0 Å². The Morgan fingerprint density at radius 2 is 1.09 bits per heavy atom. The fourth-order valence-electron chi connectivity index (χ4n) is 2.72.